The average Bonchev–Trinajstić information content (AvgIpc) is 3.01. The van der Waals surface area contributed by atoms with Crippen molar-refractivity contribution in [2.24, 2.45) is 0 Å². The Morgan fingerprint density at radius 3 is 2.75 bits per heavy atom. The van der Waals surface area contributed by atoms with Gasteiger partial charge in [-0.05, 0) is 18.4 Å². The number of hydrogen-bond acceptors (Lipinski definition) is 3. The van der Waals surface area contributed by atoms with Crippen LogP contribution >= 0.6 is 0 Å². The van der Waals surface area contributed by atoms with E-state index in [1.54, 1.807) is 0 Å². The minimum atomic E-state index is 0.263. The van der Waals surface area contributed by atoms with Crippen LogP contribution < -0.4 is 0 Å². The first-order chi connectivity index (χ1) is 9.83. The maximum absolute atomic E-state index is 12.2. The van der Waals surface area contributed by atoms with Crippen LogP contribution in [0.1, 0.15) is 12.0 Å². The summed E-state index contributed by atoms with van der Waals surface area (Å²) in [5.41, 5.74) is 1.30. The first-order valence-corrected chi connectivity index (χ1v) is 7.46. The van der Waals surface area contributed by atoms with Gasteiger partial charge in [0.15, 0.2) is 0 Å². The molecular formula is C16H22N2O2. The van der Waals surface area contributed by atoms with Crippen LogP contribution in [0.5, 0.6) is 0 Å². The number of nitrogens with zero attached hydrogens (tertiary/aromatic N) is 2. The van der Waals surface area contributed by atoms with Gasteiger partial charge in [0.2, 0.25) is 5.91 Å². The van der Waals surface area contributed by atoms with Gasteiger partial charge < -0.3 is 9.64 Å². The molecule has 2 fully saturated rings. The Morgan fingerprint density at radius 2 is 2.05 bits per heavy atom. The molecule has 4 heteroatoms. The Hall–Kier alpha value is -1.39. The van der Waals surface area contributed by atoms with Crippen molar-refractivity contribution in [2.45, 2.75) is 18.9 Å². The van der Waals surface area contributed by atoms with Gasteiger partial charge in [-0.15, -0.1) is 0 Å². The van der Waals surface area contributed by atoms with Crippen molar-refractivity contribution in [1.29, 1.82) is 0 Å². The number of amides is 1. The summed E-state index contributed by atoms with van der Waals surface area (Å²) >= 11 is 0. The van der Waals surface area contributed by atoms with Crippen LogP contribution in [-0.2, 0) is 16.0 Å². The molecule has 108 valence electrons. The van der Waals surface area contributed by atoms with Crippen LogP contribution in [0.2, 0.25) is 0 Å². The number of carbonyl (C=O) groups excluding carboxylic acids is 1. The first kappa shape index (κ1) is 13.6. The smallest absolute Gasteiger partial charge is 0.236 e. The number of hydrogen-bond donors (Lipinski definition) is 0. The van der Waals surface area contributed by atoms with E-state index in [4.69, 9.17) is 4.74 Å². The van der Waals surface area contributed by atoms with E-state index < -0.39 is 0 Å². The van der Waals surface area contributed by atoms with Crippen LogP contribution in [0.15, 0.2) is 30.3 Å². The summed E-state index contributed by atoms with van der Waals surface area (Å²) in [5.74, 6) is 0.263. The highest BCUT2D eigenvalue weighted by atomic mass is 16.5. The van der Waals surface area contributed by atoms with E-state index in [1.165, 1.54) is 5.56 Å². The highest BCUT2D eigenvalue weighted by Crippen LogP contribution is 2.15. The normalized spacial score (nSPS) is 24.3. The van der Waals surface area contributed by atoms with Gasteiger partial charge in [0, 0.05) is 32.3 Å². The molecule has 0 radical (unpaired) electrons. The third-order valence-corrected chi connectivity index (χ3v) is 4.28. The zero-order valence-corrected chi connectivity index (χ0v) is 11.8. The van der Waals surface area contributed by atoms with Crippen molar-refractivity contribution in [3.8, 4) is 0 Å². The maximum atomic E-state index is 12.2. The fourth-order valence-corrected chi connectivity index (χ4v) is 2.99. The minimum Gasteiger partial charge on any atom is -0.380 e. The zero-order valence-electron chi connectivity index (χ0n) is 11.8. The lowest BCUT2D eigenvalue weighted by Crippen LogP contribution is -2.54. The third kappa shape index (κ3) is 3.19. The molecule has 0 bridgehead atoms. The minimum absolute atomic E-state index is 0.263. The molecule has 1 atom stereocenters. The van der Waals surface area contributed by atoms with Gasteiger partial charge in [-0.3, -0.25) is 9.69 Å². The molecule has 2 heterocycles. The van der Waals surface area contributed by atoms with Crippen LogP contribution in [0, 0.1) is 0 Å². The summed E-state index contributed by atoms with van der Waals surface area (Å²) < 4.78 is 5.41. The molecule has 3 rings (SSSR count). The van der Waals surface area contributed by atoms with Crippen LogP contribution in [0.4, 0.5) is 0 Å². The topological polar surface area (TPSA) is 32.8 Å². The molecule has 0 aromatic heterocycles. The molecule has 1 aromatic carbocycles. The summed E-state index contributed by atoms with van der Waals surface area (Å²) in [4.78, 5) is 16.5. The van der Waals surface area contributed by atoms with E-state index >= 15 is 0 Å². The highest BCUT2D eigenvalue weighted by molar-refractivity contribution is 5.79. The van der Waals surface area contributed by atoms with E-state index in [1.807, 2.05) is 11.0 Å². The Kier molecular flexibility index (Phi) is 4.33. The van der Waals surface area contributed by atoms with E-state index in [-0.39, 0.29) is 5.91 Å². The maximum Gasteiger partial charge on any atom is 0.236 e. The lowest BCUT2D eigenvalue weighted by atomic mass is 10.1. The molecular weight excluding hydrogens is 252 g/mol. The van der Waals surface area contributed by atoms with Gasteiger partial charge >= 0.3 is 0 Å². The van der Waals surface area contributed by atoms with Gasteiger partial charge in [0.05, 0.1) is 13.2 Å². The molecule has 0 aliphatic carbocycles. The Balaban J connectivity index is 1.49. The summed E-state index contributed by atoms with van der Waals surface area (Å²) in [7, 11) is 0. The highest BCUT2D eigenvalue weighted by Gasteiger charge is 2.30. The van der Waals surface area contributed by atoms with Crippen molar-refractivity contribution in [3.05, 3.63) is 35.9 Å². The molecule has 4 nitrogen and oxygen atoms in total. The van der Waals surface area contributed by atoms with Crippen LogP contribution in [0.25, 0.3) is 0 Å². The predicted molar refractivity (Wildman–Crippen MR) is 77.5 cm³/mol. The van der Waals surface area contributed by atoms with Crippen molar-refractivity contribution >= 4 is 5.91 Å². The fraction of sp³-hybridized carbons (Fsp3) is 0.562. The molecule has 0 saturated carbocycles. The number of ether oxygens (including phenoxy) is 1. The number of carbonyl (C=O) groups is 1. The largest absolute Gasteiger partial charge is 0.380 e. The van der Waals surface area contributed by atoms with Crippen molar-refractivity contribution in [2.75, 3.05) is 39.4 Å². The summed E-state index contributed by atoms with van der Waals surface area (Å²) in [6.45, 7) is 4.85. The SMILES string of the molecule is O=C1CN(C2CCOC2)CCN1CCc1ccccc1. The van der Waals surface area contributed by atoms with Gasteiger partial charge in [-0.25, -0.2) is 0 Å². The Morgan fingerprint density at radius 1 is 1.20 bits per heavy atom. The van der Waals surface area contributed by atoms with E-state index in [2.05, 4.69) is 29.2 Å². The zero-order chi connectivity index (χ0) is 13.8. The van der Waals surface area contributed by atoms with Gasteiger partial charge in [0.1, 0.15) is 0 Å². The molecule has 1 amide bonds. The summed E-state index contributed by atoms with van der Waals surface area (Å²) in [6, 6.07) is 10.8. The second-order valence-electron chi connectivity index (χ2n) is 5.60. The van der Waals surface area contributed by atoms with Crippen LogP contribution in [-0.4, -0.2) is 61.1 Å². The number of piperazine rings is 1. The number of rotatable bonds is 4. The second-order valence-corrected chi connectivity index (χ2v) is 5.60. The van der Waals surface area contributed by atoms with Crippen LogP contribution in [0.3, 0.4) is 0 Å². The van der Waals surface area contributed by atoms with Crippen molar-refractivity contribution in [3.63, 3.8) is 0 Å². The first-order valence-electron chi connectivity index (χ1n) is 7.46. The predicted octanol–water partition coefficient (Wildman–Crippen LogP) is 1.16. The monoisotopic (exact) mass is 274 g/mol. The van der Waals surface area contributed by atoms with Gasteiger partial charge in [0.25, 0.3) is 0 Å². The molecule has 1 unspecified atom stereocenters. The van der Waals surface area contributed by atoms with E-state index in [0.717, 1.165) is 45.7 Å². The Labute approximate surface area is 120 Å². The van der Waals surface area contributed by atoms with Crippen molar-refractivity contribution < 1.29 is 9.53 Å². The van der Waals surface area contributed by atoms with Gasteiger partial charge in [-0.1, -0.05) is 30.3 Å². The summed E-state index contributed by atoms with van der Waals surface area (Å²) in [5, 5.41) is 0. The molecule has 1 aromatic rings. The number of benzene rings is 1. The fourth-order valence-electron chi connectivity index (χ4n) is 2.99. The quantitative estimate of drug-likeness (QED) is 0.826. The van der Waals surface area contributed by atoms with Gasteiger partial charge in [-0.2, -0.15) is 0 Å². The van der Waals surface area contributed by atoms with E-state index in [9.17, 15) is 4.79 Å². The molecule has 2 aliphatic heterocycles. The Bertz CT molecular complexity index is 443. The lowest BCUT2D eigenvalue weighted by molar-refractivity contribution is -0.137. The van der Waals surface area contributed by atoms with Crippen molar-refractivity contribution in [1.82, 2.24) is 9.80 Å². The molecule has 2 aliphatic rings. The molecule has 20 heavy (non-hydrogen) atoms. The standard InChI is InChI=1S/C16H22N2O2/c19-16-12-18(15-7-11-20-13-15)10-9-17(16)8-6-14-4-2-1-3-5-14/h1-5,15H,6-13H2. The second kappa shape index (κ2) is 6.37. The molecule has 2 saturated heterocycles. The lowest BCUT2D eigenvalue weighted by Gasteiger charge is -2.37. The third-order valence-electron chi connectivity index (χ3n) is 4.28. The average molecular weight is 274 g/mol. The van der Waals surface area contributed by atoms with E-state index in [0.29, 0.717) is 12.6 Å². The summed E-state index contributed by atoms with van der Waals surface area (Å²) in [6.07, 6.45) is 2.01. The molecule has 0 N–H and O–H groups in total. The molecule has 0 spiro atoms.